The molecule has 0 heterocycles. The predicted octanol–water partition coefficient (Wildman–Crippen LogP) is -2.69. The second-order valence-corrected chi connectivity index (χ2v) is 0. The molecule has 0 saturated heterocycles. The van der Waals surface area contributed by atoms with Crippen molar-refractivity contribution in [2.75, 3.05) is 0 Å². The molecular formula is H9AlGaInP. The molecule has 0 N–H and O–H groups in total. The average Bonchev–Trinajstić information content (AvgIpc) is 0. The van der Waals surface area contributed by atoms with Gasteiger partial charge in [-0.25, -0.2) is 0 Å². The Balaban J connectivity index is 0. The summed E-state index contributed by atoms with van der Waals surface area (Å²) >= 11 is 0. The van der Waals surface area contributed by atoms with Crippen LogP contribution in [-0.4, -0.2) is 63.0 Å². The van der Waals surface area contributed by atoms with Crippen molar-refractivity contribution in [1.29, 1.82) is 0 Å². The van der Waals surface area contributed by atoms with E-state index in [1.54, 1.807) is 0 Å². The van der Waals surface area contributed by atoms with Gasteiger partial charge in [-0.15, -0.1) is 0 Å². The van der Waals surface area contributed by atoms with Gasteiger partial charge in [-0.3, -0.25) is 0 Å². The topological polar surface area (TPSA) is 0 Å². The molecule has 0 nitrogen and oxygen atoms in total. The van der Waals surface area contributed by atoms with E-state index >= 15 is 0 Å². The van der Waals surface area contributed by atoms with E-state index in [-0.39, 0.29) is 72.9 Å². The molecule has 0 fully saturated rings. The molecule has 0 aliphatic carbocycles. The van der Waals surface area contributed by atoms with Crippen molar-refractivity contribution in [3.8, 4) is 0 Å². The second kappa shape index (κ2) is 17.9. The zero-order chi connectivity index (χ0) is 0. The first kappa shape index (κ1) is 31.7. The Morgan fingerprint density at radius 2 is 1.00 bits per heavy atom. The molecule has 0 aliphatic heterocycles. The van der Waals surface area contributed by atoms with Crippen molar-refractivity contribution in [2.24, 2.45) is 0 Å². The molecule has 0 aromatic rings. The van der Waals surface area contributed by atoms with Crippen molar-refractivity contribution < 1.29 is 0 Å². The number of rotatable bonds is 0. The number of hydrogen-bond donors (Lipinski definition) is 0. The quantitative estimate of drug-likeness (QED) is 0.325. The number of hydrogen-bond acceptors (Lipinski definition) is 0. The molecule has 0 amide bonds. The molecule has 1 unspecified atom stereocenters. The van der Waals surface area contributed by atoms with Gasteiger partial charge in [0.1, 0.15) is 0 Å². The summed E-state index contributed by atoms with van der Waals surface area (Å²) in [5.41, 5.74) is 0. The standard InChI is InChI=1S/Al.Ga.In.H3P.6H/h;;;1H3;;;;;;. The van der Waals surface area contributed by atoms with E-state index in [4.69, 9.17) is 0 Å². The minimum absolute atomic E-state index is 0. The van der Waals surface area contributed by atoms with E-state index in [9.17, 15) is 0 Å². The second-order valence-electron chi connectivity index (χ2n) is 0. The van der Waals surface area contributed by atoms with Gasteiger partial charge in [0.25, 0.3) is 0 Å². The zero-order valence-corrected chi connectivity index (χ0v) is 12.1. The molecule has 3 radical (unpaired) electrons. The van der Waals surface area contributed by atoms with Crippen LogP contribution in [0.5, 0.6) is 0 Å². The molecule has 4 heavy (non-hydrogen) atoms. The summed E-state index contributed by atoms with van der Waals surface area (Å²) < 4.78 is 0. The van der Waals surface area contributed by atoms with Gasteiger partial charge in [-0.2, -0.15) is 9.90 Å². The van der Waals surface area contributed by atoms with Crippen molar-refractivity contribution in [3.63, 3.8) is 0 Å². The van der Waals surface area contributed by atoms with Crippen LogP contribution in [0.4, 0.5) is 0 Å². The molecule has 23 valence electrons. The van der Waals surface area contributed by atoms with Gasteiger partial charge in [0, 0.05) is 0 Å². The molecule has 1 atom stereocenters. The van der Waals surface area contributed by atoms with Crippen LogP contribution in [0.15, 0.2) is 0 Å². The molecule has 0 spiro atoms. The van der Waals surface area contributed by atoms with Crippen LogP contribution in [0.25, 0.3) is 0 Å². The molecule has 0 aliphatic rings. The van der Waals surface area contributed by atoms with E-state index < -0.39 is 0 Å². The van der Waals surface area contributed by atoms with Crippen LogP contribution in [-0.2, 0) is 0 Å². The molecule has 0 aromatic carbocycles. The van der Waals surface area contributed by atoms with Gasteiger partial charge in [0.2, 0.25) is 0 Å². The maximum absolute atomic E-state index is 0. The summed E-state index contributed by atoms with van der Waals surface area (Å²) in [5.74, 6) is 0. The Hall–Kier alpha value is 2.47. The van der Waals surface area contributed by atoms with Crippen LogP contribution in [0.3, 0.4) is 0 Å². The zero-order valence-electron chi connectivity index (χ0n) is 2.41. The first-order valence-electron chi connectivity index (χ1n) is 0. The van der Waals surface area contributed by atoms with Crippen LogP contribution in [0.1, 0.15) is 0 Å². The van der Waals surface area contributed by atoms with Crippen LogP contribution >= 0.6 is 9.90 Å². The SMILES string of the molecule is P.[AlH3].[GaH2].[InH]. The summed E-state index contributed by atoms with van der Waals surface area (Å²) in [6, 6.07) is 0. The Morgan fingerprint density at radius 3 is 1.00 bits per heavy atom. The Kier molecular flexibility index (Phi) is 142. The minimum atomic E-state index is 0. The van der Waals surface area contributed by atoms with E-state index in [1.165, 1.54) is 0 Å². The molecule has 0 bridgehead atoms. The van der Waals surface area contributed by atoms with Crippen LogP contribution in [0.2, 0.25) is 0 Å². The summed E-state index contributed by atoms with van der Waals surface area (Å²) in [7, 11) is 0. The van der Waals surface area contributed by atoms with Crippen molar-refractivity contribution in [3.05, 3.63) is 0 Å². The van der Waals surface area contributed by atoms with Crippen molar-refractivity contribution >= 4 is 72.9 Å². The van der Waals surface area contributed by atoms with Gasteiger partial charge in [-0.1, -0.05) is 0 Å². The van der Waals surface area contributed by atoms with E-state index in [0.29, 0.717) is 0 Å². The van der Waals surface area contributed by atoms with Gasteiger partial charge in [0.05, 0.1) is 0 Å². The van der Waals surface area contributed by atoms with Gasteiger partial charge < -0.3 is 0 Å². The summed E-state index contributed by atoms with van der Waals surface area (Å²) in [5, 5.41) is 0. The summed E-state index contributed by atoms with van der Waals surface area (Å²) in [4.78, 5) is 0. The molecule has 0 aromatic heterocycles. The van der Waals surface area contributed by atoms with E-state index in [1.807, 2.05) is 0 Å². The van der Waals surface area contributed by atoms with Gasteiger partial charge >= 0.3 is 45.6 Å². The maximum atomic E-state index is 0. The Morgan fingerprint density at radius 1 is 1.00 bits per heavy atom. The fourth-order valence-electron chi connectivity index (χ4n) is 0. The summed E-state index contributed by atoms with van der Waals surface area (Å²) in [6.45, 7) is 0. The van der Waals surface area contributed by atoms with Gasteiger partial charge in [0.15, 0.2) is 17.4 Å². The molecule has 0 saturated carbocycles. The van der Waals surface area contributed by atoms with Gasteiger partial charge in [-0.05, 0) is 0 Å². The van der Waals surface area contributed by atoms with Crippen LogP contribution in [0, 0.1) is 0 Å². The fourth-order valence-corrected chi connectivity index (χ4v) is 0. The van der Waals surface area contributed by atoms with E-state index in [0.717, 1.165) is 0 Å². The molecule has 4 heteroatoms. The van der Waals surface area contributed by atoms with Crippen molar-refractivity contribution in [2.45, 2.75) is 0 Å². The summed E-state index contributed by atoms with van der Waals surface area (Å²) in [6.07, 6.45) is 0. The molecular weight excluding hydrogens is 242 g/mol. The third-order valence-electron chi connectivity index (χ3n) is 0. The van der Waals surface area contributed by atoms with E-state index in [2.05, 4.69) is 0 Å². The fraction of sp³-hybridized carbons (Fsp3) is 0. The first-order chi connectivity index (χ1) is 0. The third-order valence-corrected chi connectivity index (χ3v) is 0. The third kappa shape index (κ3) is 8.82. The van der Waals surface area contributed by atoms with Crippen molar-refractivity contribution in [1.82, 2.24) is 0 Å². The van der Waals surface area contributed by atoms with Crippen LogP contribution < -0.4 is 0 Å². The average molecular weight is 252 g/mol. The normalized spacial score (nSPS) is 0. The Labute approximate surface area is 72.1 Å². The molecule has 0 rings (SSSR count). The first-order valence-corrected chi connectivity index (χ1v) is 0. The Bertz CT molecular complexity index is 8.00. The monoisotopic (exact) mass is 251 g/mol. The predicted molar refractivity (Wildman–Crippen MR) is 36.7 cm³/mol.